The fraction of sp³-hybridized carbons (Fsp3) is 0.0870. The van der Waals surface area contributed by atoms with E-state index in [9.17, 15) is 9.90 Å². The highest BCUT2D eigenvalue weighted by atomic mass is 16.3. The number of rotatable bonds is 4. The lowest BCUT2D eigenvalue weighted by molar-refractivity contribution is 0.0941. The molecule has 0 saturated heterocycles. The average Bonchev–Trinajstić information content (AvgIpc) is 3.13. The quantitative estimate of drug-likeness (QED) is 0.542. The summed E-state index contributed by atoms with van der Waals surface area (Å²) in [5.74, 6) is 0.454. The lowest BCUT2D eigenvalue weighted by atomic mass is 9.92. The van der Waals surface area contributed by atoms with E-state index in [4.69, 9.17) is 4.42 Å². The van der Waals surface area contributed by atoms with E-state index >= 15 is 0 Å². The summed E-state index contributed by atoms with van der Waals surface area (Å²) in [5, 5.41) is 15.6. The summed E-state index contributed by atoms with van der Waals surface area (Å²) in [6, 6.07) is 22.1. The summed E-state index contributed by atoms with van der Waals surface area (Å²) in [6.07, 6.45) is 1.50. The molecule has 0 bridgehead atoms. The minimum Gasteiger partial charge on any atom is -0.508 e. The number of carbonyl (C=O) groups is 1. The zero-order chi connectivity index (χ0) is 18.8. The highest BCUT2D eigenvalue weighted by molar-refractivity contribution is 5.96. The summed E-state index contributed by atoms with van der Waals surface area (Å²) in [4.78, 5) is 12.9. The Kier molecular flexibility index (Phi) is 4.38. The molecule has 4 rings (SSSR count). The van der Waals surface area contributed by atoms with Crippen LogP contribution in [0.25, 0.3) is 10.8 Å². The number of phenols is 1. The van der Waals surface area contributed by atoms with Crippen LogP contribution in [-0.2, 0) is 0 Å². The summed E-state index contributed by atoms with van der Waals surface area (Å²) in [5.41, 5.74) is 2.04. The molecular weight excluding hydrogens is 338 g/mol. The van der Waals surface area contributed by atoms with E-state index in [1.807, 2.05) is 60.7 Å². The molecule has 1 unspecified atom stereocenters. The van der Waals surface area contributed by atoms with E-state index in [0.717, 1.165) is 16.3 Å². The van der Waals surface area contributed by atoms with Crippen LogP contribution in [0.4, 0.5) is 0 Å². The number of aryl methyl sites for hydroxylation is 1. The standard InChI is InChI=1S/C23H19NO3/c1-15-18(13-14-27-15)23(26)24-22(17-8-3-2-4-9-17)21-19-10-6-5-7-16(19)11-12-20(21)25/h2-14,22,25H,1H3,(H,24,26). The van der Waals surface area contributed by atoms with Crippen molar-refractivity contribution in [3.05, 3.63) is 102 Å². The molecule has 1 aromatic heterocycles. The Hall–Kier alpha value is -3.53. The normalized spacial score (nSPS) is 12.0. The first-order valence-electron chi connectivity index (χ1n) is 8.75. The Labute approximate surface area is 157 Å². The minimum atomic E-state index is -0.501. The topological polar surface area (TPSA) is 62.5 Å². The predicted molar refractivity (Wildman–Crippen MR) is 105 cm³/mol. The largest absolute Gasteiger partial charge is 0.508 e. The number of nitrogens with one attached hydrogen (secondary N) is 1. The molecule has 1 atom stereocenters. The lowest BCUT2D eigenvalue weighted by Crippen LogP contribution is -2.29. The van der Waals surface area contributed by atoms with Crippen molar-refractivity contribution in [2.45, 2.75) is 13.0 Å². The van der Waals surface area contributed by atoms with Crippen LogP contribution in [0.3, 0.4) is 0 Å². The van der Waals surface area contributed by atoms with Gasteiger partial charge in [0.05, 0.1) is 17.9 Å². The fourth-order valence-electron chi connectivity index (χ4n) is 3.38. The molecule has 1 heterocycles. The second-order valence-corrected chi connectivity index (χ2v) is 6.43. The molecule has 0 fully saturated rings. The van der Waals surface area contributed by atoms with Crippen molar-refractivity contribution in [3.8, 4) is 5.75 Å². The summed E-state index contributed by atoms with van der Waals surface area (Å²) in [7, 11) is 0. The maximum Gasteiger partial charge on any atom is 0.255 e. The first-order valence-corrected chi connectivity index (χ1v) is 8.75. The zero-order valence-electron chi connectivity index (χ0n) is 14.8. The Morgan fingerprint density at radius 3 is 2.44 bits per heavy atom. The molecule has 0 spiro atoms. The van der Waals surface area contributed by atoms with Gasteiger partial charge in [0.25, 0.3) is 5.91 Å². The summed E-state index contributed by atoms with van der Waals surface area (Å²) >= 11 is 0. The molecule has 0 aliphatic rings. The molecule has 0 radical (unpaired) electrons. The average molecular weight is 357 g/mol. The molecule has 4 aromatic rings. The van der Waals surface area contributed by atoms with Gasteiger partial charge in [0, 0.05) is 5.56 Å². The van der Waals surface area contributed by atoms with Crippen LogP contribution in [-0.4, -0.2) is 11.0 Å². The number of carbonyl (C=O) groups excluding carboxylic acids is 1. The molecule has 134 valence electrons. The van der Waals surface area contributed by atoms with Crippen molar-refractivity contribution in [1.82, 2.24) is 5.32 Å². The molecule has 4 nitrogen and oxygen atoms in total. The maximum atomic E-state index is 12.9. The van der Waals surface area contributed by atoms with Gasteiger partial charge < -0.3 is 14.8 Å². The van der Waals surface area contributed by atoms with Gasteiger partial charge in [-0.2, -0.15) is 0 Å². The first kappa shape index (κ1) is 16.9. The molecule has 0 saturated carbocycles. The molecule has 1 amide bonds. The van der Waals surface area contributed by atoms with Gasteiger partial charge in [0.15, 0.2) is 0 Å². The van der Waals surface area contributed by atoms with Crippen LogP contribution in [0.5, 0.6) is 5.75 Å². The van der Waals surface area contributed by atoms with Crippen LogP contribution in [0.15, 0.2) is 83.5 Å². The highest BCUT2D eigenvalue weighted by Crippen LogP contribution is 2.36. The lowest BCUT2D eigenvalue weighted by Gasteiger charge is -2.22. The van der Waals surface area contributed by atoms with Gasteiger partial charge in [-0.05, 0) is 35.4 Å². The number of hydrogen-bond donors (Lipinski definition) is 2. The number of furan rings is 1. The van der Waals surface area contributed by atoms with Crippen LogP contribution >= 0.6 is 0 Å². The van der Waals surface area contributed by atoms with Gasteiger partial charge in [-0.25, -0.2) is 0 Å². The summed E-state index contributed by atoms with van der Waals surface area (Å²) in [6.45, 7) is 1.75. The summed E-state index contributed by atoms with van der Waals surface area (Å²) < 4.78 is 5.26. The van der Waals surface area contributed by atoms with Gasteiger partial charge in [0.2, 0.25) is 0 Å². The van der Waals surface area contributed by atoms with Gasteiger partial charge in [-0.15, -0.1) is 0 Å². The second-order valence-electron chi connectivity index (χ2n) is 6.43. The van der Waals surface area contributed by atoms with Crippen molar-refractivity contribution < 1.29 is 14.3 Å². The van der Waals surface area contributed by atoms with Gasteiger partial charge in [-0.1, -0.05) is 60.7 Å². The smallest absolute Gasteiger partial charge is 0.255 e. The molecule has 27 heavy (non-hydrogen) atoms. The van der Waals surface area contributed by atoms with Crippen molar-refractivity contribution in [1.29, 1.82) is 0 Å². The van der Waals surface area contributed by atoms with E-state index in [2.05, 4.69) is 5.32 Å². The Morgan fingerprint density at radius 2 is 1.70 bits per heavy atom. The van der Waals surface area contributed by atoms with E-state index in [-0.39, 0.29) is 11.7 Å². The monoisotopic (exact) mass is 357 g/mol. The number of hydrogen-bond acceptors (Lipinski definition) is 3. The van der Waals surface area contributed by atoms with Crippen LogP contribution in [0, 0.1) is 6.92 Å². The highest BCUT2D eigenvalue weighted by Gasteiger charge is 2.24. The minimum absolute atomic E-state index is 0.145. The molecule has 0 aliphatic heterocycles. The fourth-order valence-corrected chi connectivity index (χ4v) is 3.38. The predicted octanol–water partition coefficient (Wildman–Crippen LogP) is 4.97. The van der Waals surface area contributed by atoms with Crippen molar-refractivity contribution in [3.63, 3.8) is 0 Å². The van der Waals surface area contributed by atoms with Crippen molar-refractivity contribution >= 4 is 16.7 Å². The molecule has 2 N–H and O–H groups in total. The van der Waals surface area contributed by atoms with E-state index < -0.39 is 6.04 Å². The van der Waals surface area contributed by atoms with Gasteiger partial charge >= 0.3 is 0 Å². The van der Waals surface area contributed by atoms with Gasteiger partial charge in [0.1, 0.15) is 11.5 Å². The van der Waals surface area contributed by atoms with E-state index in [1.54, 1.807) is 19.1 Å². The maximum absolute atomic E-state index is 12.9. The number of aromatic hydroxyl groups is 1. The Balaban J connectivity index is 1.86. The Morgan fingerprint density at radius 1 is 0.963 bits per heavy atom. The second kappa shape index (κ2) is 7.00. The molecule has 0 aliphatic carbocycles. The third-order valence-corrected chi connectivity index (χ3v) is 4.75. The molecule has 4 heteroatoms. The van der Waals surface area contributed by atoms with Crippen LogP contribution in [0.1, 0.15) is 33.3 Å². The van der Waals surface area contributed by atoms with Gasteiger partial charge in [-0.3, -0.25) is 4.79 Å². The van der Waals surface area contributed by atoms with E-state index in [1.165, 1.54) is 6.26 Å². The SMILES string of the molecule is Cc1occc1C(=O)NC(c1ccccc1)c1c(O)ccc2ccccc12. The van der Waals surface area contributed by atoms with Crippen molar-refractivity contribution in [2.24, 2.45) is 0 Å². The number of benzene rings is 3. The Bertz CT molecular complexity index is 1100. The third-order valence-electron chi connectivity index (χ3n) is 4.75. The first-order chi connectivity index (χ1) is 13.1. The third kappa shape index (κ3) is 3.17. The van der Waals surface area contributed by atoms with Crippen molar-refractivity contribution in [2.75, 3.05) is 0 Å². The molecular formula is C23H19NO3. The number of fused-ring (bicyclic) bond motifs is 1. The number of amides is 1. The van der Waals surface area contributed by atoms with Crippen LogP contribution < -0.4 is 5.32 Å². The van der Waals surface area contributed by atoms with Crippen LogP contribution in [0.2, 0.25) is 0 Å². The van der Waals surface area contributed by atoms with E-state index in [0.29, 0.717) is 16.9 Å². The zero-order valence-corrected chi connectivity index (χ0v) is 14.8. The molecule has 3 aromatic carbocycles. The number of phenolic OH excluding ortho intramolecular Hbond substituents is 1.